The van der Waals surface area contributed by atoms with Gasteiger partial charge in [-0.3, -0.25) is 0 Å². The highest BCUT2D eigenvalue weighted by molar-refractivity contribution is 6.11. The number of benzene rings is 8. The van der Waals surface area contributed by atoms with Crippen molar-refractivity contribution in [3.63, 3.8) is 0 Å². The number of hydrogen-bond acceptors (Lipinski definition) is 4. The molecule has 0 unspecified atom stereocenters. The van der Waals surface area contributed by atoms with E-state index in [1.165, 1.54) is 12.1 Å². The van der Waals surface area contributed by atoms with E-state index in [-0.39, 0.29) is 17.0 Å². The standard InChI is InChI=1S/C58H38F3N5/c1-37-17-16-26-42(31-37)43-29-30-54-46(32-43)45-27-14-15-28-53(45)66(54)55-47(52-36-51(40-22-10-4-11-23-40)62-56(65-52)41-24-12-5-13-25-41)33-44(58(59,60)61)34-48(55)57-63-49(38-18-6-2-7-19-38)35-50(64-57)39-20-8-3-9-21-39/h2-36H,1H3. The van der Waals surface area contributed by atoms with Crippen LogP contribution in [0.2, 0.25) is 0 Å². The van der Waals surface area contributed by atoms with Gasteiger partial charge in [-0.05, 0) is 60.5 Å². The smallest absolute Gasteiger partial charge is 0.308 e. The number of hydrogen-bond donors (Lipinski definition) is 0. The molecule has 0 aliphatic carbocycles. The number of halogens is 3. The SMILES string of the molecule is Cc1cccc(-c2ccc3c(c2)c2ccccc2n3-c2c(-c3cc(-c4ccccc4)nc(-c4ccccc4)n3)cc(C(F)(F)F)cc2-c2nc(-c3ccccc3)cc(-c3ccccc3)n2)c1. The van der Waals surface area contributed by atoms with Gasteiger partial charge in [0.15, 0.2) is 11.6 Å². The first kappa shape index (κ1) is 40.3. The minimum Gasteiger partial charge on any atom is -0.308 e. The molecule has 3 heterocycles. The Labute approximate surface area is 379 Å². The van der Waals surface area contributed by atoms with Gasteiger partial charge in [0.05, 0.1) is 45.1 Å². The van der Waals surface area contributed by atoms with E-state index in [1.807, 2.05) is 152 Å². The van der Waals surface area contributed by atoms with Crippen molar-refractivity contribution >= 4 is 21.8 Å². The predicted molar refractivity (Wildman–Crippen MR) is 260 cm³/mol. The molecule has 0 radical (unpaired) electrons. The molecule has 66 heavy (non-hydrogen) atoms. The average molecular weight is 862 g/mol. The van der Waals surface area contributed by atoms with Gasteiger partial charge in [0, 0.05) is 44.2 Å². The molecule has 0 amide bonds. The van der Waals surface area contributed by atoms with E-state index < -0.39 is 11.7 Å². The van der Waals surface area contributed by atoms with E-state index >= 15 is 13.2 Å². The normalized spacial score (nSPS) is 11.6. The second-order valence-corrected chi connectivity index (χ2v) is 16.3. The zero-order valence-electron chi connectivity index (χ0n) is 35.6. The van der Waals surface area contributed by atoms with Gasteiger partial charge in [-0.1, -0.05) is 175 Å². The molecule has 3 aromatic heterocycles. The van der Waals surface area contributed by atoms with Crippen LogP contribution < -0.4 is 0 Å². The molecule has 8 heteroatoms. The van der Waals surface area contributed by atoms with Gasteiger partial charge >= 0.3 is 6.18 Å². The quantitative estimate of drug-likeness (QED) is 0.153. The summed E-state index contributed by atoms with van der Waals surface area (Å²) in [5, 5.41) is 1.86. The molecule has 5 nitrogen and oxygen atoms in total. The molecule has 0 spiro atoms. The molecule has 0 aliphatic heterocycles. The summed E-state index contributed by atoms with van der Waals surface area (Å²) in [6, 6.07) is 67.1. The molecular formula is C58H38F3N5. The lowest BCUT2D eigenvalue weighted by molar-refractivity contribution is -0.137. The first-order valence-corrected chi connectivity index (χ1v) is 21.6. The van der Waals surface area contributed by atoms with E-state index in [9.17, 15) is 0 Å². The second kappa shape index (κ2) is 16.6. The third kappa shape index (κ3) is 7.58. The van der Waals surface area contributed by atoms with Crippen molar-refractivity contribution in [1.82, 2.24) is 24.5 Å². The minimum atomic E-state index is -4.76. The Morgan fingerprint density at radius 3 is 1.42 bits per heavy atom. The molecule has 316 valence electrons. The van der Waals surface area contributed by atoms with E-state index in [0.29, 0.717) is 34.3 Å². The molecule has 0 saturated carbocycles. The molecule has 8 aromatic carbocycles. The Hall–Kier alpha value is -8.49. The summed E-state index contributed by atoms with van der Waals surface area (Å²) in [5.74, 6) is 0.496. The first-order valence-electron chi connectivity index (χ1n) is 21.6. The number of rotatable bonds is 8. The van der Waals surface area contributed by atoms with Gasteiger partial charge < -0.3 is 4.57 Å². The van der Waals surface area contributed by atoms with Gasteiger partial charge in [-0.2, -0.15) is 13.2 Å². The van der Waals surface area contributed by atoms with E-state index in [0.717, 1.165) is 60.8 Å². The van der Waals surface area contributed by atoms with Crippen molar-refractivity contribution in [2.45, 2.75) is 13.1 Å². The topological polar surface area (TPSA) is 56.5 Å². The highest BCUT2D eigenvalue weighted by atomic mass is 19.4. The van der Waals surface area contributed by atoms with Crippen LogP contribution in [-0.4, -0.2) is 24.5 Å². The zero-order chi connectivity index (χ0) is 44.8. The molecule has 11 rings (SSSR count). The van der Waals surface area contributed by atoms with Crippen LogP contribution in [-0.2, 0) is 6.18 Å². The van der Waals surface area contributed by atoms with Crippen molar-refractivity contribution in [2.75, 3.05) is 0 Å². The predicted octanol–water partition coefficient (Wildman–Crippen LogP) is 15.4. The number of fused-ring (bicyclic) bond motifs is 3. The summed E-state index contributed by atoms with van der Waals surface area (Å²) in [6.07, 6.45) is -4.76. The summed E-state index contributed by atoms with van der Waals surface area (Å²) in [5.41, 5.74) is 9.88. The second-order valence-electron chi connectivity index (χ2n) is 16.3. The van der Waals surface area contributed by atoms with Crippen LogP contribution in [0.4, 0.5) is 13.2 Å². The van der Waals surface area contributed by atoms with Crippen LogP contribution in [0, 0.1) is 6.92 Å². The number of alkyl halides is 3. The maximum atomic E-state index is 15.7. The van der Waals surface area contributed by atoms with Gasteiger partial charge in [0.1, 0.15) is 0 Å². The Morgan fingerprint density at radius 2 is 0.833 bits per heavy atom. The van der Waals surface area contributed by atoms with Crippen LogP contribution in [0.5, 0.6) is 0 Å². The maximum Gasteiger partial charge on any atom is 0.416 e. The van der Waals surface area contributed by atoms with Crippen molar-refractivity contribution in [3.8, 4) is 84.6 Å². The monoisotopic (exact) mass is 861 g/mol. The van der Waals surface area contributed by atoms with Gasteiger partial charge in [0.25, 0.3) is 0 Å². The highest BCUT2D eigenvalue weighted by Crippen LogP contribution is 2.46. The van der Waals surface area contributed by atoms with Crippen molar-refractivity contribution in [2.24, 2.45) is 0 Å². The van der Waals surface area contributed by atoms with Crippen LogP contribution in [0.25, 0.3) is 106 Å². The van der Waals surface area contributed by atoms with E-state index in [4.69, 9.17) is 19.9 Å². The molecule has 0 bridgehead atoms. The third-order valence-corrected chi connectivity index (χ3v) is 11.9. The lowest BCUT2D eigenvalue weighted by Gasteiger charge is -2.22. The maximum absolute atomic E-state index is 15.7. The zero-order valence-corrected chi connectivity index (χ0v) is 35.6. The van der Waals surface area contributed by atoms with Gasteiger partial charge in [-0.25, -0.2) is 19.9 Å². The minimum absolute atomic E-state index is 0.125. The Kier molecular flexibility index (Phi) is 10.1. The highest BCUT2D eigenvalue weighted by Gasteiger charge is 2.35. The Morgan fingerprint density at radius 1 is 0.364 bits per heavy atom. The summed E-state index contributed by atoms with van der Waals surface area (Å²) >= 11 is 0. The fraction of sp³-hybridized carbons (Fsp3) is 0.0345. The van der Waals surface area contributed by atoms with E-state index in [1.54, 1.807) is 6.07 Å². The number of para-hydroxylation sites is 1. The molecule has 0 fully saturated rings. The third-order valence-electron chi connectivity index (χ3n) is 11.9. The van der Waals surface area contributed by atoms with Crippen molar-refractivity contribution < 1.29 is 13.2 Å². The Bertz CT molecular complexity index is 3310. The van der Waals surface area contributed by atoms with Crippen LogP contribution in [0.1, 0.15) is 11.1 Å². The van der Waals surface area contributed by atoms with E-state index in [2.05, 4.69) is 54.0 Å². The molecule has 0 aliphatic rings. The van der Waals surface area contributed by atoms with Gasteiger partial charge in [-0.15, -0.1) is 0 Å². The van der Waals surface area contributed by atoms with Gasteiger partial charge in [0.2, 0.25) is 0 Å². The molecule has 0 atom stereocenters. The lowest BCUT2D eigenvalue weighted by atomic mass is 9.96. The summed E-state index contributed by atoms with van der Waals surface area (Å²) in [7, 11) is 0. The van der Waals surface area contributed by atoms with Crippen LogP contribution in [0.3, 0.4) is 0 Å². The molecule has 0 N–H and O–H groups in total. The van der Waals surface area contributed by atoms with Crippen LogP contribution in [0.15, 0.2) is 212 Å². The lowest BCUT2D eigenvalue weighted by Crippen LogP contribution is -2.11. The summed E-state index contributed by atoms with van der Waals surface area (Å²) in [4.78, 5) is 20.5. The molecule has 11 aromatic rings. The summed E-state index contributed by atoms with van der Waals surface area (Å²) in [6.45, 7) is 2.07. The molecule has 0 saturated heterocycles. The first-order chi connectivity index (χ1) is 32.2. The average Bonchev–Trinajstić information content (AvgIpc) is 3.69. The number of aryl methyl sites for hydroxylation is 1. The molecular weight excluding hydrogens is 824 g/mol. The van der Waals surface area contributed by atoms with Crippen LogP contribution >= 0.6 is 0 Å². The fourth-order valence-corrected chi connectivity index (χ4v) is 8.76. The summed E-state index contributed by atoms with van der Waals surface area (Å²) < 4.78 is 49.1. The van der Waals surface area contributed by atoms with Crippen molar-refractivity contribution in [3.05, 3.63) is 223 Å². The number of nitrogens with zero attached hydrogens (tertiary/aromatic N) is 5. The number of aromatic nitrogens is 5. The van der Waals surface area contributed by atoms with Crippen molar-refractivity contribution in [1.29, 1.82) is 0 Å². The fourth-order valence-electron chi connectivity index (χ4n) is 8.76. The largest absolute Gasteiger partial charge is 0.416 e. The Balaban J connectivity index is 1.30.